The minimum atomic E-state index is -0.413. The van der Waals surface area contributed by atoms with Gasteiger partial charge in [0.1, 0.15) is 5.75 Å². The second-order valence-corrected chi connectivity index (χ2v) is 4.93. The summed E-state index contributed by atoms with van der Waals surface area (Å²) in [6, 6.07) is 10.4. The SMILES string of the molecule is COc1ccc(C(NN)c2cccc3c2OCC3)cc1F. The van der Waals surface area contributed by atoms with Gasteiger partial charge in [-0.2, -0.15) is 0 Å². The first kappa shape index (κ1) is 13.9. The van der Waals surface area contributed by atoms with Crippen LogP contribution in [0, 0.1) is 5.82 Å². The molecule has 3 N–H and O–H groups in total. The van der Waals surface area contributed by atoms with Gasteiger partial charge in [-0.3, -0.25) is 5.84 Å². The van der Waals surface area contributed by atoms with Crippen LogP contribution in [0.2, 0.25) is 0 Å². The highest BCUT2D eigenvalue weighted by Crippen LogP contribution is 2.36. The molecule has 21 heavy (non-hydrogen) atoms. The van der Waals surface area contributed by atoms with E-state index < -0.39 is 5.82 Å². The summed E-state index contributed by atoms with van der Waals surface area (Å²) in [6.45, 7) is 0.667. The number of methoxy groups -OCH3 is 1. The Labute approximate surface area is 122 Å². The van der Waals surface area contributed by atoms with Crippen LogP contribution < -0.4 is 20.7 Å². The first-order valence-corrected chi connectivity index (χ1v) is 6.78. The van der Waals surface area contributed by atoms with E-state index >= 15 is 0 Å². The molecule has 2 aromatic rings. The summed E-state index contributed by atoms with van der Waals surface area (Å²) < 4.78 is 24.5. The molecule has 4 nitrogen and oxygen atoms in total. The zero-order valence-electron chi connectivity index (χ0n) is 11.7. The van der Waals surface area contributed by atoms with Crippen molar-refractivity contribution in [2.24, 2.45) is 5.84 Å². The molecule has 5 heteroatoms. The number of fused-ring (bicyclic) bond motifs is 1. The fourth-order valence-electron chi connectivity index (χ4n) is 2.70. The lowest BCUT2D eigenvalue weighted by molar-refractivity contribution is 0.350. The molecule has 0 amide bonds. The summed E-state index contributed by atoms with van der Waals surface area (Å²) in [7, 11) is 1.44. The van der Waals surface area contributed by atoms with E-state index in [2.05, 4.69) is 5.43 Å². The topological polar surface area (TPSA) is 56.5 Å². The normalized spacial score (nSPS) is 14.4. The summed E-state index contributed by atoms with van der Waals surface area (Å²) in [5.74, 6) is 6.34. The Kier molecular flexibility index (Phi) is 3.77. The van der Waals surface area contributed by atoms with Crippen molar-refractivity contribution < 1.29 is 13.9 Å². The smallest absolute Gasteiger partial charge is 0.165 e. The van der Waals surface area contributed by atoms with Gasteiger partial charge >= 0.3 is 0 Å². The molecule has 0 bridgehead atoms. The maximum atomic E-state index is 13.9. The minimum absolute atomic E-state index is 0.212. The van der Waals surface area contributed by atoms with Crippen LogP contribution in [0.25, 0.3) is 0 Å². The molecule has 0 saturated heterocycles. The van der Waals surface area contributed by atoms with Gasteiger partial charge in [0.2, 0.25) is 0 Å². The van der Waals surface area contributed by atoms with E-state index in [9.17, 15) is 4.39 Å². The van der Waals surface area contributed by atoms with Crippen molar-refractivity contribution >= 4 is 0 Å². The van der Waals surface area contributed by atoms with Crippen LogP contribution in [0.1, 0.15) is 22.7 Å². The summed E-state index contributed by atoms with van der Waals surface area (Å²) in [6.07, 6.45) is 0.886. The van der Waals surface area contributed by atoms with Gasteiger partial charge in [-0.25, -0.2) is 9.82 Å². The zero-order valence-corrected chi connectivity index (χ0v) is 11.7. The van der Waals surface area contributed by atoms with Crippen molar-refractivity contribution in [1.82, 2.24) is 5.43 Å². The molecule has 1 aliphatic rings. The van der Waals surface area contributed by atoms with E-state index in [0.717, 1.165) is 28.9 Å². The first-order valence-electron chi connectivity index (χ1n) is 6.78. The Hall–Kier alpha value is -2.11. The van der Waals surface area contributed by atoms with Crippen molar-refractivity contribution in [3.8, 4) is 11.5 Å². The number of benzene rings is 2. The molecule has 0 spiro atoms. The number of hydrogen-bond acceptors (Lipinski definition) is 4. The van der Waals surface area contributed by atoms with Crippen LogP contribution in [0.5, 0.6) is 11.5 Å². The highest BCUT2D eigenvalue weighted by molar-refractivity contribution is 5.49. The molecular formula is C16H17FN2O2. The lowest BCUT2D eigenvalue weighted by Crippen LogP contribution is -2.29. The molecular weight excluding hydrogens is 271 g/mol. The molecule has 0 aliphatic carbocycles. The molecule has 3 rings (SSSR count). The standard InChI is InChI=1S/C16H17FN2O2/c1-20-14-6-5-11(9-13(14)17)15(19-18)12-4-2-3-10-7-8-21-16(10)12/h2-6,9,15,19H,7-8,18H2,1H3. The van der Waals surface area contributed by atoms with Crippen LogP contribution in [-0.4, -0.2) is 13.7 Å². The average molecular weight is 288 g/mol. The van der Waals surface area contributed by atoms with E-state index in [0.29, 0.717) is 6.61 Å². The van der Waals surface area contributed by atoms with Gasteiger partial charge < -0.3 is 9.47 Å². The van der Waals surface area contributed by atoms with Gasteiger partial charge in [0, 0.05) is 12.0 Å². The summed E-state index contributed by atoms with van der Waals surface area (Å²) >= 11 is 0. The number of halogens is 1. The first-order chi connectivity index (χ1) is 10.2. The monoisotopic (exact) mass is 288 g/mol. The molecule has 1 unspecified atom stereocenters. The number of rotatable bonds is 4. The number of hydrogen-bond donors (Lipinski definition) is 2. The van der Waals surface area contributed by atoms with Gasteiger partial charge in [0.25, 0.3) is 0 Å². The van der Waals surface area contributed by atoms with E-state index in [1.807, 2.05) is 18.2 Å². The van der Waals surface area contributed by atoms with E-state index in [-0.39, 0.29) is 11.8 Å². The molecule has 0 fully saturated rings. The van der Waals surface area contributed by atoms with Gasteiger partial charge in [-0.1, -0.05) is 24.3 Å². The lowest BCUT2D eigenvalue weighted by Gasteiger charge is -2.20. The van der Waals surface area contributed by atoms with Crippen molar-refractivity contribution in [2.45, 2.75) is 12.5 Å². The third-order valence-corrected chi connectivity index (χ3v) is 3.73. The number of nitrogens with two attached hydrogens (primary N) is 1. The van der Waals surface area contributed by atoms with Crippen LogP contribution in [-0.2, 0) is 6.42 Å². The van der Waals surface area contributed by atoms with E-state index in [1.165, 1.54) is 13.2 Å². The number of ether oxygens (including phenoxy) is 2. The molecule has 1 aliphatic heterocycles. The predicted octanol–water partition coefficient (Wildman–Crippen LogP) is 2.32. The Morgan fingerprint density at radius 3 is 2.90 bits per heavy atom. The molecule has 1 heterocycles. The highest BCUT2D eigenvalue weighted by atomic mass is 19.1. The third kappa shape index (κ3) is 2.46. The average Bonchev–Trinajstić information content (AvgIpc) is 2.97. The maximum Gasteiger partial charge on any atom is 0.165 e. The van der Waals surface area contributed by atoms with Crippen molar-refractivity contribution in [3.63, 3.8) is 0 Å². The molecule has 1 atom stereocenters. The fraction of sp³-hybridized carbons (Fsp3) is 0.250. The minimum Gasteiger partial charge on any atom is -0.494 e. The lowest BCUT2D eigenvalue weighted by atomic mass is 9.96. The van der Waals surface area contributed by atoms with Crippen LogP contribution in [0.3, 0.4) is 0 Å². The third-order valence-electron chi connectivity index (χ3n) is 3.73. The second-order valence-electron chi connectivity index (χ2n) is 4.93. The zero-order chi connectivity index (χ0) is 14.8. The Bertz CT molecular complexity index is 661. The van der Waals surface area contributed by atoms with E-state index in [1.54, 1.807) is 12.1 Å². The van der Waals surface area contributed by atoms with Gasteiger partial charge in [0.05, 0.1) is 19.8 Å². The van der Waals surface area contributed by atoms with E-state index in [4.69, 9.17) is 15.3 Å². The highest BCUT2D eigenvalue weighted by Gasteiger charge is 2.23. The predicted molar refractivity (Wildman–Crippen MR) is 77.8 cm³/mol. The molecule has 0 aromatic heterocycles. The quantitative estimate of drug-likeness (QED) is 0.669. The van der Waals surface area contributed by atoms with Gasteiger partial charge in [-0.15, -0.1) is 0 Å². The summed E-state index contributed by atoms with van der Waals surface area (Å²) in [5.41, 5.74) is 5.53. The molecule has 0 radical (unpaired) electrons. The molecule has 110 valence electrons. The number of para-hydroxylation sites is 1. The number of hydrazine groups is 1. The van der Waals surface area contributed by atoms with Gasteiger partial charge in [0.15, 0.2) is 11.6 Å². The van der Waals surface area contributed by atoms with Crippen LogP contribution in [0.4, 0.5) is 4.39 Å². The fourth-order valence-corrected chi connectivity index (χ4v) is 2.70. The largest absolute Gasteiger partial charge is 0.494 e. The van der Waals surface area contributed by atoms with Crippen molar-refractivity contribution in [3.05, 3.63) is 58.9 Å². The van der Waals surface area contributed by atoms with Crippen LogP contribution >= 0.6 is 0 Å². The Morgan fingerprint density at radius 2 is 2.19 bits per heavy atom. The summed E-state index contributed by atoms with van der Waals surface area (Å²) in [4.78, 5) is 0. The van der Waals surface area contributed by atoms with Crippen molar-refractivity contribution in [2.75, 3.05) is 13.7 Å². The van der Waals surface area contributed by atoms with Gasteiger partial charge in [-0.05, 0) is 23.3 Å². The molecule has 2 aromatic carbocycles. The van der Waals surface area contributed by atoms with Crippen molar-refractivity contribution in [1.29, 1.82) is 0 Å². The second kappa shape index (κ2) is 5.71. The van der Waals surface area contributed by atoms with Crippen LogP contribution in [0.15, 0.2) is 36.4 Å². The number of nitrogens with one attached hydrogen (secondary N) is 1. The Balaban J connectivity index is 2.03. The molecule has 0 saturated carbocycles. The maximum absolute atomic E-state index is 13.9. The Morgan fingerprint density at radius 1 is 1.33 bits per heavy atom. The summed E-state index contributed by atoms with van der Waals surface area (Å²) in [5, 5.41) is 0.